The highest BCUT2D eigenvalue weighted by Gasteiger charge is 2.47. The van der Waals surface area contributed by atoms with Gasteiger partial charge >= 0.3 is 6.09 Å². The van der Waals surface area contributed by atoms with Crippen molar-refractivity contribution in [2.75, 3.05) is 18.1 Å². The number of carbonyl (C=O) groups is 2. The number of nitrogens with one attached hydrogen (secondary N) is 1. The number of halogens is 1. The van der Waals surface area contributed by atoms with E-state index in [0.29, 0.717) is 41.1 Å². The standard InChI is InChI=1S/C22H21FN4O5/c1-11(29)24-9-21-20-5-13-4-15(16(23)7-19(13)27(20)22(30)31-21)12-2-3-17(25-8-12)18-6-14(10-28)32-26-18/h2-4,7-8,14,20-21,28H,5-6,9-10H2,1H3,(H,24,29)/t14?,20-,21-/m0/s1. The van der Waals surface area contributed by atoms with Gasteiger partial charge in [-0.15, -0.1) is 0 Å². The molecule has 1 unspecified atom stereocenters. The van der Waals surface area contributed by atoms with Crippen LogP contribution in [0.3, 0.4) is 0 Å². The Bertz CT molecular complexity index is 1120. The predicted octanol–water partition coefficient (Wildman–Crippen LogP) is 1.76. The van der Waals surface area contributed by atoms with E-state index in [4.69, 9.17) is 14.7 Å². The first-order chi connectivity index (χ1) is 15.4. The fourth-order valence-electron chi connectivity index (χ4n) is 4.33. The number of anilines is 1. The lowest BCUT2D eigenvalue weighted by molar-refractivity contribution is -0.119. The Morgan fingerprint density at radius 1 is 1.34 bits per heavy atom. The van der Waals surface area contributed by atoms with Crippen LogP contribution in [0.1, 0.15) is 24.6 Å². The van der Waals surface area contributed by atoms with Crippen LogP contribution in [0, 0.1) is 5.82 Å². The molecule has 0 radical (unpaired) electrons. The number of cyclic esters (lactones) is 1. The third kappa shape index (κ3) is 3.46. The summed E-state index contributed by atoms with van der Waals surface area (Å²) in [7, 11) is 0. The molecule has 3 aliphatic heterocycles. The molecule has 4 heterocycles. The van der Waals surface area contributed by atoms with Gasteiger partial charge < -0.3 is 20.0 Å². The number of aliphatic hydroxyl groups excluding tert-OH is 1. The smallest absolute Gasteiger partial charge is 0.415 e. The van der Waals surface area contributed by atoms with Crippen molar-refractivity contribution in [2.45, 2.75) is 38.0 Å². The average Bonchev–Trinajstić information content (AvgIpc) is 3.47. The van der Waals surface area contributed by atoms with E-state index in [2.05, 4.69) is 15.5 Å². The van der Waals surface area contributed by atoms with Crippen LogP contribution in [0.5, 0.6) is 0 Å². The molecule has 1 aromatic heterocycles. The maximum absolute atomic E-state index is 15.0. The summed E-state index contributed by atoms with van der Waals surface area (Å²) in [6.45, 7) is 1.49. The number of oxime groups is 1. The van der Waals surface area contributed by atoms with Crippen LogP contribution in [0.2, 0.25) is 0 Å². The number of hydrogen-bond donors (Lipinski definition) is 2. The number of nitrogens with zero attached hydrogens (tertiary/aromatic N) is 3. The van der Waals surface area contributed by atoms with Crippen LogP contribution < -0.4 is 10.2 Å². The summed E-state index contributed by atoms with van der Waals surface area (Å²) in [6, 6.07) is 6.29. The number of rotatable bonds is 5. The van der Waals surface area contributed by atoms with E-state index in [-0.39, 0.29) is 31.2 Å². The molecule has 0 saturated carbocycles. The quantitative estimate of drug-likeness (QED) is 0.733. The summed E-state index contributed by atoms with van der Waals surface area (Å²) < 4.78 is 20.4. The molecule has 0 bridgehead atoms. The van der Waals surface area contributed by atoms with Gasteiger partial charge in [0.2, 0.25) is 5.91 Å². The second-order valence-corrected chi connectivity index (χ2v) is 8.05. The molecule has 10 heteroatoms. The summed E-state index contributed by atoms with van der Waals surface area (Å²) in [5.74, 6) is -0.680. The molecule has 1 aromatic carbocycles. The molecule has 1 fully saturated rings. The van der Waals surface area contributed by atoms with Crippen LogP contribution in [-0.2, 0) is 20.8 Å². The van der Waals surface area contributed by atoms with E-state index in [1.807, 2.05) is 0 Å². The zero-order valence-electron chi connectivity index (χ0n) is 17.2. The Balaban J connectivity index is 1.39. The van der Waals surface area contributed by atoms with E-state index < -0.39 is 18.0 Å². The molecule has 1 saturated heterocycles. The molecular weight excluding hydrogens is 419 g/mol. The van der Waals surface area contributed by atoms with E-state index in [1.165, 1.54) is 17.9 Å². The lowest BCUT2D eigenvalue weighted by Crippen LogP contribution is -2.40. The topological polar surface area (TPSA) is 113 Å². The molecular formula is C22H21FN4O5. The molecule has 2 N–H and O–H groups in total. The molecule has 32 heavy (non-hydrogen) atoms. The highest BCUT2D eigenvalue weighted by Crippen LogP contribution is 2.41. The van der Waals surface area contributed by atoms with Crippen LogP contribution in [0.4, 0.5) is 14.9 Å². The van der Waals surface area contributed by atoms with E-state index in [0.717, 1.165) is 5.56 Å². The van der Waals surface area contributed by atoms with Crippen molar-refractivity contribution in [3.05, 3.63) is 47.5 Å². The first kappa shape index (κ1) is 20.4. The fraction of sp³-hybridized carbons (Fsp3) is 0.364. The summed E-state index contributed by atoms with van der Waals surface area (Å²) in [5.41, 5.74) is 3.54. The van der Waals surface area contributed by atoms with E-state index in [1.54, 1.807) is 24.4 Å². The second kappa shape index (κ2) is 7.86. The Kier molecular flexibility index (Phi) is 5.01. The van der Waals surface area contributed by atoms with Crippen molar-refractivity contribution < 1.29 is 28.7 Å². The SMILES string of the molecule is CC(=O)NC[C@@H]1OC(=O)N2c3cc(F)c(-c4ccc(C5=NOC(CO)C5)nc4)cc3C[C@@H]12. The summed E-state index contributed by atoms with van der Waals surface area (Å²) >= 11 is 0. The lowest BCUT2D eigenvalue weighted by Gasteiger charge is -2.16. The number of pyridine rings is 1. The van der Waals surface area contributed by atoms with E-state index in [9.17, 15) is 9.59 Å². The van der Waals surface area contributed by atoms with Gasteiger partial charge in [-0.05, 0) is 30.2 Å². The average molecular weight is 440 g/mol. The van der Waals surface area contributed by atoms with Gasteiger partial charge in [0.25, 0.3) is 0 Å². The molecule has 0 aliphatic carbocycles. The zero-order chi connectivity index (χ0) is 22.4. The fourth-order valence-corrected chi connectivity index (χ4v) is 4.33. The van der Waals surface area contributed by atoms with Gasteiger partial charge in [0.15, 0.2) is 6.10 Å². The minimum Gasteiger partial charge on any atom is -0.442 e. The number of benzene rings is 1. The monoisotopic (exact) mass is 440 g/mol. The van der Waals surface area contributed by atoms with Gasteiger partial charge in [-0.3, -0.25) is 14.7 Å². The first-order valence-corrected chi connectivity index (χ1v) is 10.3. The minimum atomic E-state index is -0.539. The van der Waals surface area contributed by atoms with Gasteiger partial charge in [0.05, 0.1) is 30.6 Å². The molecule has 2 aromatic rings. The normalized spacial score (nSPS) is 23.3. The Hall–Kier alpha value is -3.53. The number of aliphatic hydroxyl groups is 1. The number of carbonyl (C=O) groups excluding carboxylic acids is 2. The van der Waals surface area contributed by atoms with Gasteiger partial charge in [-0.1, -0.05) is 11.2 Å². The molecule has 0 spiro atoms. The van der Waals surface area contributed by atoms with E-state index >= 15 is 4.39 Å². The highest BCUT2D eigenvalue weighted by molar-refractivity contribution is 6.00. The number of amides is 2. The third-order valence-electron chi connectivity index (χ3n) is 5.93. The Labute approximate surface area is 182 Å². The Morgan fingerprint density at radius 3 is 2.88 bits per heavy atom. The Morgan fingerprint density at radius 2 is 2.19 bits per heavy atom. The van der Waals surface area contributed by atoms with Crippen molar-refractivity contribution in [1.82, 2.24) is 10.3 Å². The summed E-state index contributed by atoms with van der Waals surface area (Å²) in [6.07, 6.45) is 1.13. The number of fused-ring (bicyclic) bond motifs is 3. The van der Waals surface area contributed by atoms with Gasteiger partial charge in [-0.2, -0.15) is 0 Å². The van der Waals surface area contributed by atoms with Crippen LogP contribution in [0.25, 0.3) is 11.1 Å². The lowest BCUT2D eigenvalue weighted by atomic mass is 9.99. The molecule has 5 rings (SSSR count). The van der Waals surface area contributed by atoms with Crippen molar-refractivity contribution >= 4 is 23.4 Å². The predicted molar refractivity (Wildman–Crippen MR) is 112 cm³/mol. The van der Waals surface area contributed by atoms with Crippen LogP contribution in [-0.4, -0.2) is 59.2 Å². The molecule has 9 nitrogen and oxygen atoms in total. The molecule has 3 atom stereocenters. The molecule has 3 aliphatic rings. The zero-order valence-corrected chi connectivity index (χ0v) is 17.2. The van der Waals surface area contributed by atoms with Crippen molar-refractivity contribution in [1.29, 1.82) is 0 Å². The molecule has 2 amide bonds. The number of hydrogen-bond acceptors (Lipinski definition) is 7. The maximum atomic E-state index is 15.0. The highest BCUT2D eigenvalue weighted by atomic mass is 19.1. The number of aromatic nitrogens is 1. The number of ether oxygens (including phenoxy) is 1. The van der Waals surface area contributed by atoms with Gasteiger partial charge in [0.1, 0.15) is 17.6 Å². The minimum absolute atomic E-state index is 0.122. The van der Waals surface area contributed by atoms with Crippen molar-refractivity contribution in [2.24, 2.45) is 5.16 Å². The summed E-state index contributed by atoms with van der Waals surface area (Å²) in [5, 5.41) is 15.8. The third-order valence-corrected chi connectivity index (χ3v) is 5.93. The largest absolute Gasteiger partial charge is 0.442 e. The first-order valence-electron chi connectivity index (χ1n) is 10.3. The van der Waals surface area contributed by atoms with Crippen molar-refractivity contribution in [3.8, 4) is 11.1 Å². The van der Waals surface area contributed by atoms with Gasteiger partial charge in [-0.25, -0.2) is 9.18 Å². The van der Waals surface area contributed by atoms with Crippen molar-refractivity contribution in [3.63, 3.8) is 0 Å². The van der Waals surface area contributed by atoms with Crippen LogP contribution in [0.15, 0.2) is 35.6 Å². The maximum Gasteiger partial charge on any atom is 0.415 e. The molecule has 166 valence electrons. The second-order valence-electron chi connectivity index (χ2n) is 8.05. The van der Waals surface area contributed by atoms with Gasteiger partial charge in [0, 0.05) is 30.7 Å². The summed E-state index contributed by atoms with van der Waals surface area (Å²) in [4.78, 5) is 34.6. The van der Waals surface area contributed by atoms with Crippen LogP contribution >= 0.6 is 0 Å².